The first kappa shape index (κ1) is 13.7. The predicted octanol–water partition coefficient (Wildman–Crippen LogP) is 2.34. The van der Waals surface area contributed by atoms with E-state index >= 15 is 0 Å². The van der Waals surface area contributed by atoms with E-state index in [2.05, 4.69) is 0 Å². The Labute approximate surface area is 112 Å². The van der Waals surface area contributed by atoms with Gasteiger partial charge in [0.1, 0.15) is 5.82 Å². The third kappa shape index (κ3) is 3.88. The number of halogens is 1. The first-order valence-electron chi connectivity index (χ1n) is 6.69. The number of hydrogen-bond donors (Lipinski definition) is 0. The number of carbonyl (C=O) groups is 2. The number of ketones is 1. The minimum absolute atomic E-state index is 0.00406. The third-order valence-corrected chi connectivity index (χ3v) is 3.40. The molecule has 102 valence electrons. The molecular formula is C15H18FNO2. The zero-order valence-corrected chi connectivity index (χ0v) is 10.9. The highest BCUT2D eigenvalue weighted by molar-refractivity contribution is 5.87. The Hall–Kier alpha value is -1.71. The van der Waals surface area contributed by atoms with Crippen LogP contribution in [0.4, 0.5) is 4.39 Å². The maximum absolute atomic E-state index is 13.4. The molecule has 19 heavy (non-hydrogen) atoms. The van der Waals surface area contributed by atoms with Crippen LogP contribution in [0.15, 0.2) is 24.3 Å². The normalized spacial score (nSPS) is 15.6. The summed E-state index contributed by atoms with van der Waals surface area (Å²) in [5.74, 6) is -0.0822. The molecule has 1 aromatic carbocycles. The van der Waals surface area contributed by atoms with Gasteiger partial charge in [-0.05, 0) is 30.9 Å². The second-order valence-corrected chi connectivity index (χ2v) is 4.90. The number of likely N-dealkylation sites (tertiary alicyclic amines) is 1. The number of piperidine rings is 1. The van der Waals surface area contributed by atoms with Gasteiger partial charge in [0.15, 0.2) is 5.78 Å². The maximum atomic E-state index is 13.4. The van der Waals surface area contributed by atoms with E-state index in [-0.39, 0.29) is 24.1 Å². The van der Waals surface area contributed by atoms with Crippen LogP contribution >= 0.6 is 0 Å². The molecule has 1 saturated heterocycles. The first-order valence-corrected chi connectivity index (χ1v) is 6.69. The monoisotopic (exact) mass is 263 g/mol. The number of aryl methyl sites for hydroxylation is 1. The van der Waals surface area contributed by atoms with Crippen molar-refractivity contribution in [2.24, 2.45) is 0 Å². The lowest BCUT2D eigenvalue weighted by Gasteiger charge is -2.25. The van der Waals surface area contributed by atoms with Gasteiger partial charge in [0, 0.05) is 19.4 Å². The van der Waals surface area contributed by atoms with Crippen molar-refractivity contribution in [1.82, 2.24) is 4.90 Å². The molecule has 2 rings (SSSR count). The molecule has 0 aliphatic carbocycles. The maximum Gasteiger partial charge on any atom is 0.222 e. The molecule has 1 aliphatic heterocycles. The largest absolute Gasteiger partial charge is 0.335 e. The summed E-state index contributed by atoms with van der Waals surface area (Å²) in [5.41, 5.74) is 0.644. The molecule has 0 bridgehead atoms. The Kier molecular flexibility index (Phi) is 4.66. The third-order valence-electron chi connectivity index (χ3n) is 3.40. The fraction of sp³-hybridized carbons (Fsp3) is 0.467. The molecule has 0 radical (unpaired) electrons. The lowest BCUT2D eigenvalue weighted by molar-refractivity contribution is -0.137. The number of rotatable bonds is 4. The Balaban J connectivity index is 1.78. The number of benzene rings is 1. The summed E-state index contributed by atoms with van der Waals surface area (Å²) in [5, 5.41) is 0. The van der Waals surface area contributed by atoms with E-state index < -0.39 is 0 Å². The van der Waals surface area contributed by atoms with Crippen molar-refractivity contribution in [2.75, 3.05) is 13.1 Å². The van der Waals surface area contributed by atoms with Gasteiger partial charge in [-0.2, -0.15) is 0 Å². The van der Waals surface area contributed by atoms with E-state index in [4.69, 9.17) is 0 Å². The Morgan fingerprint density at radius 2 is 2.11 bits per heavy atom. The fourth-order valence-corrected chi connectivity index (χ4v) is 2.34. The van der Waals surface area contributed by atoms with Crippen LogP contribution in [0.2, 0.25) is 0 Å². The average molecular weight is 263 g/mol. The molecule has 4 heteroatoms. The quantitative estimate of drug-likeness (QED) is 0.836. The van der Waals surface area contributed by atoms with Crippen molar-refractivity contribution in [3.8, 4) is 0 Å². The van der Waals surface area contributed by atoms with E-state index in [0.29, 0.717) is 37.8 Å². The van der Waals surface area contributed by atoms with Crippen LogP contribution < -0.4 is 0 Å². The van der Waals surface area contributed by atoms with Gasteiger partial charge in [0.25, 0.3) is 0 Å². The van der Waals surface area contributed by atoms with Crippen molar-refractivity contribution in [3.05, 3.63) is 35.6 Å². The Bertz CT molecular complexity index is 473. The molecule has 1 fully saturated rings. The van der Waals surface area contributed by atoms with Crippen molar-refractivity contribution in [1.29, 1.82) is 0 Å². The van der Waals surface area contributed by atoms with Crippen LogP contribution in [-0.4, -0.2) is 29.7 Å². The molecule has 0 spiro atoms. The van der Waals surface area contributed by atoms with Gasteiger partial charge >= 0.3 is 0 Å². The number of hydrogen-bond acceptors (Lipinski definition) is 2. The molecule has 1 aliphatic rings. The molecule has 1 heterocycles. The van der Waals surface area contributed by atoms with E-state index in [1.807, 2.05) is 0 Å². The highest BCUT2D eigenvalue weighted by Crippen LogP contribution is 2.12. The molecule has 0 atom stereocenters. The summed E-state index contributed by atoms with van der Waals surface area (Å²) in [4.78, 5) is 24.8. The van der Waals surface area contributed by atoms with Gasteiger partial charge in [-0.3, -0.25) is 9.59 Å². The Morgan fingerprint density at radius 3 is 2.84 bits per heavy atom. The average Bonchev–Trinajstić information content (AvgIpc) is 2.41. The minimum Gasteiger partial charge on any atom is -0.335 e. The molecular weight excluding hydrogens is 245 g/mol. The van der Waals surface area contributed by atoms with Gasteiger partial charge in [0.05, 0.1) is 6.54 Å². The highest BCUT2D eigenvalue weighted by atomic mass is 19.1. The van der Waals surface area contributed by atoms with Crippen molar-refractivity contribution in [2.45, 2.75) is 32.1 Å². The van der Waals surface area contributed by atoms with E-state index in [1.165, 1.54) is 6.07 Å². The number of nitrogens with zero attached hydrogens (tertiary/aromatic N) is 1. The zero-order valence-electron chi connectivity index (χ0n) is 10.9. The topological polar surface area (TPSA) is 37.4 Å². The second-order valence-electron chi connectivity index (χ2n) is 4.90. The zero-order chi connectivity index (χ0) is 13.7. The first-order chi connectivity index (χ1) is 9.16. The van der Waals surface area contributed by atoms with Gasteiger partial charge in [-0.15, -0.1) is 0 Å². The number of carbonyl (C=O) groups excluding carboxylic acids is 2. The van der Waals surface area contributed by atoms with Gasteiger partial charge in [0.2, 0.25) is 5.91 Å². The van der Waals surface area contributed by atoms with E-state index in [9.17, 15) is 14.0 Å². The highest BCUT2D eigenvalue weighted by Gasteiger charge is 2.20. The summed E-state index contributed by atoms with van der Waals surface area (Å²) < 4.78 is 13.4. The number of amides is 1. The molecule has 1 aromatic rings. The van der Waals surface area contributed by atoms with Gasteiger partial charge in [-0.1, -0.05) is 18.2 Å². The van der Waals surface area contributed by atoms with Crippen LogP contribution in [0.3, 0.4) is 0 Å². The molecule has 3 nitrogen and oxygen atoms in total. The Morgan fingerprint density at radius 1 is 1.32 bits per heavy atom. The van der Waals surface area contributed by atoms with Crippen LogP contribution in [-0.2, 0) is 16.0 Å². The summed E-state index contributed by atoms with van der Waals surface area (Å²) >= 11 is 0. The van der Waals surface area contributed by atoms with Gasteiger partial charge < -0.3 is 4.90 Å². The minimum atomic E-state index is -0.219. The van der Waals surface area contributed by atoms with Crippen molar-refractivity contribution >= 4 is 11.7 Å². The summed E-state index contributed by atoms with van der Waals surface area (Å²) in [6, 6.07) is 6.62. The molecule has 1 amide bonds. The van der Waals surface area contributed by atoms with Crippen molar-refractivity contribution < 1.29 is 14.0 Å². The summed E-state index contributed by atoms with van der Waals surface area (Å²) in [6.45, 7) is 0.919. The summed E-state index contributed by atoms with van der Waals surface area (Å²) in [7, 11) is 0. The fourth-order valence-electron chi connectivity index (χ4n) is 2.34. The lowest BCUT2D eigenvalue weighted by Crippen LogP contribution is -2.40. The standard InChI is InChI=1S/C15H18FNO2/c16-14-8-2-1-5-12(14)6-3-9-15(19)17-10-4-7-13(18)11-17/h1-2,5,8H,3-4,6-7,9-11H2. The van der Waals surface area contributed by atoms with E-state index in [0.717, 1.165) is 6.42 Å². The molecule has 0 aromatic heterocycles. The van der Waals surface area contributed by atoms with Crippen LogP contribution in [0.25, 0.3) is 0 Å². The predicted molar refractivity (Wildman–Crippen MR) is 70.2 cm³/mol. The second kappa shape index (κ2) is 6.45. The van der Waals surface area contributed by atoms with Gasteiger partial charge in [-0.25, -0.2) is 4.39 Å². The lowest BCUT2D eigenvalue weighted by atomic mass is 10.1. The molecule has 0 unspecified atom stereocenters. The van der Waals surface area contributed by atoms with Crippen LogP contribution in [0, 0.1) is 5.82 Å². The summed E-state index contributed by atoms with van der Waals surface area (Å²) in [6.07, 6.45) is 2.89. The smallest absolute Gasteiger partial charge is 0.222 e. The van der Waals surface area contributed by atoms with Crippen molar-refractivity contribution in [3.63, 3.8) is 0 Å². The molecule has 0 N–H and O–H groups in total. The number of Topliss-reactive ketones (excluding diaryl/α,β-unsaturated/α-hetero) is 1. The van der Waals surface area contributed by atoms with Crippen LogP contribution in [0.1, 0.15) is 31.2 Å². The van der Waals surface area contributed by atoms with Crippen LogP contribution in [0.5, 0.6) is 0 Å². The van der Waals surface area contributed by atoms with E-state index in [1.54, 1.807) is 23.1 Å². The molecule has 0 saturated carbocycles. The SMILES string of the molecule is O=C1CCCN(C(=O)CCCc2ccccc2F)C1.